The maximum absolute atomic E-state index is 11.8. The highest BCUT2D eigenvalue weighted by molar-refractivity contribution is 5.78. The summed E-state index contributed by atoms with van der Waals surface area (Å²) in [5.41, 5.74) is 0. The molecule has 102 valence electrons. The molecule has 2 atom stereocenters. The Bertz CT molecular complexity index is 295. The smallest absolute Gasteiger partial charge is 0.223 e. The molecule has 0 aromatic heterocycles. The van der Waals surface area contributed by atoms with Crippen molar-refractivity contribution in [3.05, 3.63) is 37.0 Å². The van der Waals surface area contributed by atoms with Crippen molar-refractivity contribution < 1.29 is 4.79 Å². The van der Waals surface area contributed by atoms with Crippen LogP contribution in [-0.2, 0) is 4.79 Å². The number of carbonyl (C=O) groups is 1. The average Bonchev–Trinajstić information content (AvgIpc) is 2.33. The van der Waals surface area contributed by atoms with Crippen molar-refractivity contribution in [3.63, 3.8) is 0 Å². The van der Waals surface area contributed by atoms with Crippen LogP contribution >= 0.6 is 0 Å². The van der Waals surface area contributed by atoms with Crippen molar-refractivity contribution in [1.82, 2.24) is 10.6 Å². The van der Waals surface area contributed by atoms with E-state index in [1.165, 1.54) is 0 Å². The molecule has 0 radical (unpaired) electrons. The van der Waals surface area contributed by atoms with E-state index in [2.05, 4.69) is 24.1 Å². The highest BCUT2D eigenvalue weighted by Crippen LogP contribution is 2.10. The number of hydrogen-bond donors (Lipinski definition) is 2. The first-order valence-corrected chi connectivity index (χ1v) is 6.48. The van der Waals surface area contributed by atoms with Gasteiger partial charge in [-0.3, -0.25) is 4.79 Å². The first-order valence-electron chi connectivity index (χ1n) is 6.48. The molecule has 0 saturated heterocycles. The van der Waals surface area contributed by atoms with Gasteiger partial charge in [-0.1, -0.05) is 50.8 Å². The fourth-order valence-corrected chi connectivity index (χ4v) is 1.77. The minimum atomic E-state index is 0.0606. The van der Waals surface area contributed by atoms with Crippen LogP contribution in [0.15, 0.2) is 37.0 Å². The van der Waals surface area contributed by atoms with Gasteiger partial charge in [0.2, 0.25) is 5.91 Å². The van der Waals surface area contributed by atoms with E-state index in [1.807, 2.05) is 38.3 Å². The molecule has 0 aliphatic rings. The zero-order valence-electron chi connectivity index (χ0n) is 11.8. The zero-order valence-corrected chi connectivity index (χ0v) is 11.8. The SMILES string of the molecule is C=C/C=C\C=C/CNC(=O)[C@@H](C)CC(C)CNC. The van der Waals surface area contributed by atoms with E-state index in [0.29, 0.717) is 12.5 Å². The summed E-state index contributed by atoms with van der Waals surface area (Å²) in [5.74, 6) is 0.697. The highest BCUT2D eigenvalue weighted by Gasteiger charge is 2.14. The molecule has 3 nitrogen and oxygen atoms in total. The quantitative estimate of drug-likeness (QED) is 0.616. The molecule has 0 rings (SSSR count). The van der Waals surface area contributed by atoms with Crippen LogP contribution in [0.25, 0.3) is 0 Å². The Hall–Kier alpha value is -1.35. The van der Waals surface area contributed by atoms with Crippen molar-refractivity contribution in [2.45, 2.75) is 20.3 Å². The van der Waals surface area contributed by atoms with Gasteiger partial charge < -0.3 is 10.6 Å². The lowest BCUT2D eigenvalue weighted by atomic mass is 9.96. The average molecular weight is 250 g/mol. The summed E-state index contributed by atoms with van der Waals surface area (Å²) in [7, 11) is 1.93. The van der Waals surface area contributed by atoms with Crippen LogP contribution < -0.4 is 10.6 Å². The molecule has 0 bridgehead atoms. The summed E-state index contributed by atoms with van der Waals surface area (Å²) in [6.07, 6.45) is 10.2. The third-order valence-corrected chi connectivity index (χ3v) is 2.64. The Morgan fingerprint density at radius 1 is 1.28 bits per heavy atom. The second kappa shape index (κ2) is 10.8. The highest BCUT2D eigenvalue weighted by atomic mass is 16.1. The molecule has 0 saturated carbocycles. The summed E-state index contributed by atoms with van der Waals surface area (Å²) < 4.78 is 0. The van der Waals surface area contributed by atoms with Crippen molar-refractivity contribution in [2.75, 3.05) is 20.1 Å². The number of rotatable bonds is 9. The topological polar surface area (TPSA) is 41.1 Å². The normalized spacial score (nSPS) is 14.8. The van der Waals surface area contributed by atoms with Gasteiger partial charge in [-0.25, -0.2) is 0 Å². The third-order valence-electron chi connectivity index (χ3n) is 2.64. The molecule has 0 fully saturated rings. The van der Waals surface area contributed by atoms with E-state index >= 15 is 0 Å². The lowest BCUT2D eigenvalue weighted by molar-refractivity contribution is -0.124. The predicted octanol–water partition coefficient (Wildman–Crippen LogP) is 2.28. The van der Waals surface area contributed by atoms with Gasteiger partial charge in [0.1, 0.15) is 0 Å². The monoisotopic (exact) mass is 250 g/mol. The van der Waals surface area contributed by atoms with Crippen LogP contribution in [0, 0.1) is 11.8 Å². The second-order valence-electron chi connectivity index (χ2n) is 4.59. The molecule has 1 unspecified atom stereocenters. The maximum Gasteiger partial charge on any atom is 0.223 e. The van der Waals surface area contributed by atoms with E-state index in [0.717, 1.165) is 13.0 Å². The molecule has 0 heterocycles. The maximum atomic E-state index is 11.8. The van der Waals surface area contributed by atoms with E-state index in [4.69, 9.17) is 0 Å². The fourth-order valence-electron chi connectivity index (χ4n) is 1.77. The molecule has 0 aliphatic heterocycles. The van der Waals surface area contributed by atoms with Crippen LogP contribution in [0.2, 0.25) is 0 Å². The molecule has 1 amide bonds. The minimum Gasteiger partial charge on any atom is -0.352 e. The Morgan fingerprint density at radius 3 is 2.61 bits per heavy atom. The van der Waals surface area contributed by atoms with Gasteiger partial charge in [-0.2, -0.15) is 0 Å². The van der Waals surface area contributed by atoms with Gasteiger partial charge in [0.15, 0.2) is 0 Å². The predicted molar refractivity (Wildman–Crippen MR) is 78.4 cm³/mol. The lowest BCUT2D eigenvalue weighted by Gasteiger charge is -2.16. The van der Waals surface area contributed by atoms with Crippen LogP contribution in [-0.4, -0.2) is 26.0 Å². The molecule has 2 N–H and O–H groups in total. The summed E-state index contributed by atoms with van der Waals surface area (Å²) in [5, 5.41) is 6.03. The number of nitrogens with one attached hydrogen (secondary N) is 2. The Balaban J connectivity index is 3.83. The molecule has 0 spiro atoms. The van der Waals surface area contributed by atoms with E-state index in [-0.39, 0.29) is 11.8 Å². The second-order valence-corrected chi connectivity index (χ2v) is 4.59. The van der Waals surface area contributed by atoms with E-state index in [1.54, 1.807) is 6.08 Å². The zero-order chi connectivity index (χ0) is 13.8. The fraction of sp³-hybridized carbons (Fsp3) is 0.533. The number of hydrogen-bond acceptors (Lipinski definition) is 2. The summed E-state index contributed by atoms with van der Waals surface area (Å²) in [6, 6.07) is 0. The van der Waals surface area contributed by atoms with Gasteiger partial charge in [-0.05, 0) is 25.9 Å². The number of carbonyl (C=O) groups excluding carboxylic acids is 1. The molecule has 0 aliphatic carbocycles. The Labute approximate surface area is 111 Å². The number of amides is 1. The van der Waals surface area contributed by atoms with Crippen LogP contribution in [0.4, 0.5) is 0 Å². The summed E-state index contributed by atoms with van der Waals surface area (Å²) in [6.45, 7) is 9.23. The van der Waals surface area contributed by atoms with Gasteiger partial charge in [0.05, 0.1) is 0 Å². The lowest BCUT2D eigenvalue weighted by Crippen LogP contribution is -2.31. The van der Waals surface area contributed by atoms with Gasteiger partial charge in [0, 0.05) is 12.5 Å². The molecule has 0 aromatic carbocycles. The number of allylic oxidation sites excluding steroid dienone is 4. The Morgan fingerprint density at radius 2 is 2.00 bits per heavy atom. The Kier molecular flexibility index (Phi) is 9.97. The van der Waals surface area contributed by atoms with Crippen molar-refractivity contribution in [2.24, 2.45) is 11.8 Å². The van der Waals surface area contributed by atoms with Crippen LogP contribution in [0.3, 0.4) is 0 Å². The van der Waals surface area contributed by atoms with Crippen molar-refractivity contribution in [3.8, 4) is 0 Å². The molecule has 0 aromatic rings. The summed E-state index contributed by atoms with van der Waals surface area (Å²) >= 11 is 0. The van der Waals surface area contributed by atoms with Gasteiger partial charge in [-0.15, -0.1) is 0 Å². The minimum absolute atomic E-state index is 0.0606. The standard InChI is InChI=1S/C15H26N2O/c1-5-6-7-8-9-10-17-15(18)14(3)11-13(2)12-16-4/h5-9,13-14,16H,1,10-12H2,2-4H3,(H,17,18)/b7-6-,9-8-/t13?,14-/m0/s1. The van der Waals surface area contributed by atoms with Gasteiger partial charge in [0.25, 0.3) is 0 Å². The molecule has 18 heavy (non-hydrogen) atoms. The third kappa shape index (κ3) is 8.76. The summed E-state index contributed by atoms with van der Waals surface area (Å²) in [4.78, 5) is 11.8. The van der Waals surface area contributed by atoms with Crippen LogP contribution in [0.1, 0.15) is 20.3 Å². The van der Waals surface area contributed by atoms with Crippen LogP contribution in [0.5, 0.6) is 0 Å². The first kappa shape index (κ1) is 16.6. The van der Waals surface area contributed by atoms with Crippen molar-refractivity contribution in [1.29, 1.82) is 0 Å². The van der Waals surface area contributed by atoms with Crippen molar-refractivity contribution >= 4 is 5.91 Å². The van der Waals surface area contributed by atoms with Gasteiger partial charge >= 0.3 is 0 Å². The van der Waals surface area contributed by atoms with E-state index < -0.39 is 0 Å². The van der Waals surface area contributed by atoms with E-state index in [9.17, 15) is 4.79 Å². The first-order chi connectivity index (χ1) is 8.61. The molecule has 3 heteroatoms. The largest absolute Gasteiger partial charge is 0.352 e. The molecular formula is C15H26N2O. The molecular weight excluding hydrogens is 224 g/mol.